The summed E-state index contributed by atoms with van der Waals surface area (Å²) in [6, 6.07) is 7.06. The summed E-state index contributed by atoms with van der Waals surface area (Å²) >= 11 is 0. The fourth-order valence-electron chi connectivity index (χ4n) is 2.38. The molecule has 1 aromatic rings. The van der Waals surface area contributed by atoms with Gasteiger partial charge in [0.2, 0.25) is 0 Å². The summed E-state index contributed by atoms with van der Waals surface area (Å²) in [7, 11) is -3.24. The molecule has 2 N–H and O–H groups in total. The number of carboxylic acid groups (broad SMARTS) is 1. The van der Waals surface area contributed by atoms with Crippen molar-refractivity contribution >= 4 is 19.5 Å². The van der Waals surface area contributed by atoms with Crippen LogP contribution in [0, 0.1) is 17.2 Å². The number of carboxylic acids is 1. The van der Waals surface area contributed by atoms with Crippen molar-refractivity contribution in [3.8, 4) is 6.07 Å². The highest BCUT2D eigenvalue weighted by molar-refractivity contribution is 7.53. The van der Waals surface area contributed by atoms with E-state index in [-0.39, 0.29) is 31.4 Å². The van der Waals surface area contributed by atoms with Gasteiger partial charge in [-0.3, -0.25) is 9.36 Å². The summed E-state index contributed by atoms with van der Waals surface area (Å²) in [6.07, 6.45) is 0.0928. The van der Waals surface area contributed by atoms with E-state index in [4.69, 9.17) is 14.3 Å². The Bertz CT molecular complexity index is 718. The Morgan fingerprint density at radius 3 is 2.22 bits per heavy atom. The Morgan fingerprint density at radius 2 is 1.78 bits per heavy atom. The second kappa shape index (κ2) is 10.8. The molecule has 0 heterocycles. The number of carbonyl (C=O) groups is 2. The van der Waals surface area contributed by atoms with Gasteiger partial charge in [0.25, 0.3) is 5.91 Å². The van der Waals surface area contributed by atoms with E-state index in [9.17, 15) is 19.3 Å². The van der Waals surface area contributed by atoms with E-state index in [1.54, 1.807) is 32.9 Å². The first-order chi connectivity index (χ1) is 12.7. The standard InChI is InChI=1S/C18H25N2O6P/c1-4-25-27(24,26-5-2)12-14-6-8-15(9-7-14)17(21)20-16(18(22)23)10-13(3)11-19/h6-9,13,16H,4-5,10,12H2,1-3H3,(H,20,21)(H,22,23)/t13-,16-/m0/s1. The number of hydrogen-bond acceptors (Lipinski definition) is 6. The molecule has 0 saturated carbocycles. The monoisotopic (exact) mass is 396 g/mol. The zero-order chi connectivity index (χ0) is 20.4. The summed E-state index contributed by atoms with van der Waals surface area (Å²) in [5, 5.41) is 20.4. The third kappa shape index (κ3) is 7.51. The van der Waals surface area contributed by atoms with Gasteiger partial charge in [0.1, 0.15) is 6.04 Å². The van der Waals surface area contributed by atoms with Gasteiger partial charge in [0.05, 0.1) is 25.4 Å². The van der Waals surface area contributed by atoms with Crippen LogP contribution in [0.15, 0.2) is 24.3 Å². The maximum Gasteiger partial charge on any atom is 0.335 e. The van der Waals surface area contributed by atoms with Gasteiger partial charge in [0, 0.05) is 11.5 Å². The highest BCUT2D eigenvalue weighted by Crippen LogP contribution is 2.51. The van der Waals surface area contributed by atoms with E-state index in [1.807, 2.05) is 6.07 Å². The van der Waals surface area contributed by atoms with Crippen LogP contribution in [0.25, 0.3) is 0 Å². The predicted molar refractivity (Wildman–Crippen MR) is 99.3 cm³/mol. The molecule has 1 amide bonds. The molecule has 9 heteroatoms. The quantitative estimate of drug-likeness (QED) is 0.550. The molecule has 27 heavy (non-hydrogen) atoms. The molecule has 0 aliphatic heterocycles. The minimum absolute atomic E-state index is 0.0154. The van der Waals surface area contributed by atoms with Gasteiger partial charge in [0.15, 0.2) is 0 Å². The van der Waals surface area contributed by atoms with Crippen molar-refractivity contribution in [2.75, 3.05) is 13.2 Å². The van der Waals surface area contributed by atoms with Gasteiger partial charge in [-0.25, -0.2) is 4.79 Å². The molecule has 0 unspecified atom stereocenters. The topological polar surface area (TPSA) is 126 Å². The van der Waals surface area contributed by atoms with Crippen LogP contribution in [0.3, 0.4) is 0 Å². The van der Waals surface area contributed by atoms with Crippen molar-refractivity contribution in [1.29, 1.82) is 5.26 Å². The first kappa shape index (κ1) is 22.8. The zero-order valence-corrected chi connectivity index (χ0v) is 16.6. The molecule has 0 aromatic heterocycles. The summed E-state index contributed by atoms with van der Waals surface area (Å²) in [6.45, 7) is 5.56. The Labute approximate surface area is 159 Å². The number of rotatable bonds is 11. The van der Waals surface area contributed by atoms with Crippen LogP contribution in [-0.4, -0.2) is 36.2 Å². The maximum absolute atomic E-state index is 12.5. The maximum atomic E-state index is 12.5. The van der Waals surface area contributed by atoms with Gasteiger partial charge in [-0.15, -0.1) is 0 Å². The number of benzene rings is 1. The summed E-state index contributed by atoms with van der Waals surface area (Å²) < 4.78 is 23.0. The van der Waals surface area contributed by atoms with E-state index < -0.39 is 31.4 Å². The molecule has 1 aromatic carbocycles. The number of nitrogens with zero attached hydrogens (tertiary/aromatic N) is 1. The lowest BCUT2D eigenvalue weighted by Crippen LogP contribution is -2.41. The van der Waals surface area contributed by atoms with Gasteiger partial charge in [-0.1, -0.05) is 12.1 Å². The van der Waals surface area contributed by atoms with Crippen molar-refractivity contribution in [2.45, 2.75) is 39.4 Å². The number of amides is 1. The zero-order valence-electron chi connectivity index (χ0n) is 15.7. The molecular weight excluding hydrogens is 371 g/mol. The van der Waals surface area contributed by atoms with E-state index in [0.29, 0.717) is 5.56 Å². The second-order valence-corrected chi connectivity index (χ2v) is 7.99. The van der Waals surface area contributed by atoms with Crippen molar-refractivity contribution in [3.05, 3.63) is 35.4 Å². The minimum Gasteiger partial charge on any atom is -0.480 e. The van der Waals surface area contributed by atoms with Gasteiger partial charge in [-0.2, -0.15) is 5.26 Å². The van der Waals surface area contributed by atoms with Crippen molar-refractivity contribution in [2.24, 2.45) is 5.92 Å². The molecule has 8 nitrogen and oxygen atoms in total. The van der Waals surface area contributed by atoms with Gasteiger partial charge >= 0.3 is 13.6 Å². The van der Waals surface area contributed by atoms with Crippen molar-refractivity contribution < 1.29 is 28.3 Å². The van der Waals surface area contributed by atoms with E-state index in [0.717, 1.165) is 0 Å². The Morgan fingerprint density at radius 1 is 1.22 bits per heavy atom. The molecule has 0 radical (unpaired) electrons. The number of aliphatic carboxylic acids is 1. The number of carbonyl (C=O) groups excluding carboxylic acids is 1. The van der Waals surface area contributed by atoms with Gasteiger partial charge < -0.3 is 19.5 Å². The van der Waals surface area contributed by atoms with E-state index >= 15 is 0 Å². The molecule has 0 fully saturated rings. The number of nitriles is 1. The molecule has 0 aliphatic rings. The first-order valence-corrected chi connectivity index (χ1v) is 10.4. The van der Waals surface area contributed by atoms with Crippen LogP contribution in [0.1, 0.15) is 43.1 Å². The fourth-order valence-corrected chi connectivity index (χ4v) is 4.08. The lowest BCUT2D eigenvalue weighted by Gasteiger charge is -2.17. The van der Waals surface area contributed by atoms with Crippen molar-refractivity contribution in [3.63, 3.8) is 0 Å². The second-order valence-electron chi connectivity index (χ2n) is 5.93. The van der Waals surface area contributed by atoms with Crippen LogP contribution < -0.4 is 5.32 Å². The predicted octanol–water partition coefficient (Wildman–Crippen LogP) is 3.19. The largest absolute Gasteiger partial charge is 0.480 e. The van der Waals surface area contributed by atoms with Crippen molar-refractivity contribution in [1.82, 2.24) is 5.32 Å². The summed E-state index contributed by atoms with van der Waals surface area (Å²) in [5.74, 6) is -2.26. The summed E-state index contributed by atoms with van der Waals surface area (Å²) in [4.78, 5) is 23.5. The van der Waals surface area contributed by atoms with Crippen LogP contribution in [0.2, 0.25) is 0 Å². The van der Waals surface area contributed by atoms with Crippen LogP contribution in [-0.2, 0) is 24.6 Å². The van der Waals surface area contributed by atoms with Gasteiger partial charge in [-0.05, 0) is 44.9 Å². The molecule has 0 spiro atoms. The third-order valence-corrected chi connectivity index (χ3v) is 5.71. The highest BCUT2D eigenvalue weighted by Gasteiger charge is 2.25. The van der Waals surface area contributed by atoms with Crippen LogP contribution in [0.4, 0.5) is 0 Å². The number of nitrogens with one attached hydrogen (secondary N) is 1. The summed E-state index contributed by atoms with van der Waals surface area (Å²) in [5.41, 5.74) is 0.932. The van der Waals surface area contributed by atoms with E-state index in [2.05, 4.69) is 5.32 Å². The molecule has 0 aliphatic carbocycles. The Hall–Kier alpha value is -2.20. The SMILES string of the molecule is CCOP(=O)(Cc1ccc(C(=O)N[C@@H](C[C@H](C)C#N)C(=O)O)cc1)OCC. The molecule has 0 bridgehead atoms. The van der Waals surface area contributed by atoms with Crippen LogP contribution >= 0.6 is 7.60 Å². The lowest BCUT2D eigenvalue weighted by atomic mass is 10.0. The Kier molecular flexibility index (Phi) is 9.16. The molecule has 0 saturated heterocycles. The smallest absolute Gasteiger partial charge is 0.335 e. The molecule has 148 valence electrons. The molecular formula is C18H25N2O6P. The fraction of sp³-hybridized carbons (Fsp3) is 0.500. The number of hydrogen-bond donors (Lipinski definition) is 2. The average Bonchev–Trinajstić information content (AvgIpc) is 2.61. The third-order valence-electron chi connectivity index (χ3n) is 3.66. The average molecular weight is 396 g/mol. The lowest BCUT2D eigenvalue weighted by molar-refractivity contribution is -0.139. The minimum atomic E-state index is -3.24. The van der Waals surface area contributed by atoms with Crippen LogP contribution in [0.5, 0.6) is 0 Å². The normalized spacial score (nSPS) is 13.4. The molecule has 2 atom stereocenters. The first-order valence-electron chi connectivity index (χ1n) is 8.65. The Balaban J connectivity index is 2.82. The molecule has 1 rings (SSSR count). The highest BCUT2D eigenvalue weighted by atomic mass is 31.2. The van der Waals surface area contributed by atoms with E-state index in [1.165, 1.54) is 12.1 Å².